The van der Waals surface area contributed by atoms with E-state index in [0.717, 1.165) is 34.6 Å². The Morgan fingerprint density at radius 2 is 1.72 bits per heavy atom. The van der Waals surface area contributed by atoms with E-state index in [9.17, 15) is 44.1 Å². The zero-order valence-corrected chi connectivity index (χ0v) is 25.9. The maximum Gasteiger partial charge on any atom is 0.326 e. The molecule has 15 heteroatoms. The predicted octanol–water partition coefficient (Wildman–Crippen LogP) is 1.67. The molecule has 0 bridgehead atoms. The van der Waals surface area contributed by atoms with Gasteiger partial charge in [-0.1, -0.05) is 0 Å². The number of hydrogen-bond donors (Lipinski definition) is 6. The number of aryl methyl sites for hydroxylation is 1. The molecule has 0 saturated heterocycles. The van der Waals surface area contributed by atoms with Gasteiger partial charge in [-0.3, -0.25) is 19.2 Å². The summed E-state index contributed by atoms with van der Waals surface area (Å²) >= 11 is 0. The van der Waals surface area contributed by atoms with Gasteiger partial charge in [-0.2, -0.15) is 0 Å². The van der Waals surface area contributed by atoms with Gasteiger partial charge in [0.05, 0.1) is 16.9 Å². The third-order valence-corrected chi connectivity index (χ3v) is 8.42. The van der Waals surface area contributed by atoms with E-state index in [-0.39, 0.29) is 42.4 Å². The van der Waals surface area contributed by atoms with Crippen molar-refractivity contribution in [3.8, 4) is 0 Å². The average Bonchev–Trinajstić information content (AvgIpc) is 3.44. The zero-order chi connectivity index (χ0) is 34.4. The van der Waals surface area contributed by atoms with Gasteiger partial charge in [-0.05, 0) is 80.1 Å². The molecule has 1 heterocycles. The predicted molar refractivity (Wildman–Crippen MR) is 168 cm³/mol. The van der Waals surface area contributed by atoms with E-state index in [2.05, 4.69) is 20.2 Å². The number of rotatable bonds is 15. The highest BCUT2D eigenvalue weighted by Gasteiger charge is 2.30. The minimum Gasteiger partial charge on any atom is -0.481 e. The summed E-state index contributed by atoms with van der Waals surface area (Å²) in [6, 6.07) is 7.46. The number of nitrogens with one attached hydrogen (secondary N) is 2. The second-order valence-electron chi connectivity index (χ2n) is 11.3. The van der Waals surface area contributed by atoms with Crippen LogP contribution in [0.25, 0.3) is 10.9 Å². The number of aliphatic hydroxyl groups is 1. The number of anilines is 1. The SMILES string of the molecule is CCN(c1ccc(C(=O)N[C@@H](CCC(=O)N(C)[C@@H](CCC(=O)O)C(=O)O)C(=O)O)cc1)C1CCc2cc3nc(CO)[nH]c(=O)c3cc21. The van der Waals surface area contributed by atoms with Gasteiger partial charge in [0.15, 0.2) is 0 Å². The summed E-state index contributed by atoms with van der Waals surface area (Å²) in [7, 11) is 1.20. The molecule has 1 aliphatic carbocycles. The van der Waals surface area contributed by atoms with E-state index < -0.39 is 54.6 Å². The quantitative estimate of drug-likeness (QED) is 0.138. The second kappa shape index (κ2) is 14.9. The van der Waals surface area contributed by atoms with Crippen LogP contribution in [0.2, 0.25) is 0 Å². The number of nitrogens with zero attached hydrogens (tertiary/aromatic N) is 3. The number of likely N-dealkylation sites (N-methyl/N-ethyl adjacent to an activating group) is 1. The van der Waals surface area contributed by atoms with Crippen LogP contribution in [0.5, 0.6) is 0 Å². The largest absolute Gasteiger partial charge is 0.481 e. The van der Waals surface area contributed by atoms with Crippen LogP contribution in [0.1, 0.15) is 72.4 Å². The van der Waals surface area contributed by atoms with E-state index in [1.807, 2.05) is 19.1 Å². The third-order valence-electron chi connectivity index (χ3n) is 8.42. The first-order chi connectivity index (χ1) is 22.3. The molecule has 3 atom stereocenters. The molecule has 0 fully saturated rings. The lowest BCUT2D eigenvalue weighted by molar-refractivity contribution is -0.150. The fraction of sp³-hybridized carbons (Fsp3) is 0.406. The molecule has 1 unspecified atom stereocenters. The summed E-state index contributed by atoms with van der Waals surface area (Å²) in [6.45, 7) is 2.24. The van der Waals surface area contributed by atoms with Crippen LogP contribution in [0.3, 0.4) is 0 Å². The molecule has 1 aliphatic rings. The number of fused-ring (bicyclic) bond motifs is 2. The first-order valence-corrected chi connectivity index (χ1v) is 15.1. The monoisotopic (exact) mass is 651 g/mol. The van der Waals surface area contributed by atoms with Crippen molar-refractivity contribution in [1.29, 1.82) is 0 Å². The van der Waals surface area contributed by atoms with Gasteiger partial charge in [0.1, 0.15) is 24.5 Å². The molecule has 0 spiro atoms. The van der Waals surface area contributed by atoms with Crippen molar-refractivity contribution >= 4 is 46.3 Å². The van der Waals surface area contributed by atoms with Gasteiger partial charge < -0.3 is 40.5 Å². The van der Waals surface area contributed by atoms with E-state index >= 15 is 0 Å². The minimum absolute atomic E-state index is 0.0482. The Hall–Kier alpha value is -5.31. The summed E-state index contributed by atoms with van der Waals surface area (Å²) in [4.78, 5) is 82.5. The molecule has 3 aromatic rings. The molecule has 6 N–H and O–H groups in total. The topological polar surface area (TPSA) is 231 Å². The van der Waals surface area contributed by atoms with Crippen molar-refractivity contribution in [3.05, 3.63) is 69.3 Å². The first-order valence-electron chi connectivity index (χ1n) is 15.1. The fourth-order valence-electron chi connectivity index (χ4n) is 5.91. The molecule has 1 aromatic heterocycles. The molecule has 15 nitrogen and oxygen atoms in total. The number of benzene rings is 2. The average molecular weight is 652 g/mol. The Balaban J connectivity index is 1.43. The van der Waals surface area contributed by atoms with Crippen LogP contribution in [0, 0.1) is 0 Å². The summed E-state index contributed by atoms with van der Waals surface area (Å²) in [5, 5.41) is 40.2. The van der Waals surface area contributed by atoms with Gasteiger partial charge in [0.25, 0.3) is 11.5 Å². The number of aromatic amines is 1. The smallest absolute Gasteiger partial charge is 0.326 e. The summed E-state index contributed by atoms with van der Waals surface area (Å²) in [5.41, 5.74) is 3.24. The number of H-pyrrole nitrogens is 1. The lowest BCUT2D eigenvalue weighted by atomic mass is 10.0. The molecule has 2 amide bonds. The van der Waals surface area contributed by atoms with Crippen molar-refractivity contribution in [2.45, 2.75) is 70.2 Å². The highest BCUT2D eigenvalue weighted by atomic mass is 16.4. The number of aromatic nitrogens is 2. The lowest BCUT2D eigenvalue weighted by Gasteiger charge is -2.31. The van der Waals surface area contributed by atoms with E-state index in [1.165, 1.54) is 7.05 Å². The number of carboxylic acids is 3. The van der Waals surface area contributed by atoms with Crippen LogP contribution >= 0.6 is 0 Å². The molecule has 47 heavy (non-hydrogen) atoms. The first kappa shape index (κ1) is 34.6. The summed E-state index contributed by atoms with van der Waals surface area (Å²) in [6.07, 6.45) is 0.0704. The Kier molecular flexibility index (Phi) is 10.9. The van der Waals surface area contributed by atoms with Crippen LogP contribution < -0.4 is 15.8 Å². The maximum atomic E-state index is 13.0. The van der Waals surface area contributed by atoms with Crippen molar-refractivity contribution in [1.82, 2.24) is 20.2 Å². The molecular weight excluding hydrogens is 614 g/mol. The van der Waals surface area contributed by atoms with Crippen LogP contribution in [0.4, 0.5) is 5.69 Å². The fourth-order valence-corrected chi connectivity index (χ4v) is 5.91. The minimum atomic E-state index is -1.44. The zero-order valence-electron chi connectivity index (χ0n) is 25.9. The Labute approximate surface area is 268 Å². The lowest BCUT2D eigenvalue weighted by Crippen LogP contribution is -2.45. The number of aliphatic hydroxyl groups excluding tert-OH is 1. The van der Waals surface area contributed by atoms with E-state index in [4.69, 9.17) is 5.11 Å². The van der Waals surface area contributed by atoms with Crippen molar-refractivity contribution in [2.24, 2.45) is 0 Å². The molecule has 0 saturated carbocycles. The van der Waals surface area contributed by atoms with E-state index in [0.29, 0.717) is 17.4 Å². The van der Waals surface area contributed by atoms with Crippen LogP contribution in [0.15, 0.2) is 41.2 Å². The van der Waals surface area contributed by atoms with Crippen molar-refractivity contribution in [2.75, 3.05) is 18.5 Å². The van der Waals surface area contributed by atoms with Gasteiger partial charge in [0.2, 0.25) is 5.91 Å². The number of carboxylic acid groups (broad SMARTS) is 3. The van der Waals surface area contributed by atoms with Crippen molar-refractivity contribution in [3.63, 3.8) is 0 Å². The molecular formula is C32H37N5O10. The molecule has 2 aromatic carbocycles. The number of hydrogen-bond acceptors (Lipinski definition) is 9. The number of amides is 2. The Bertz CT molecular complexity index is 1740. The second-order valence-corrected chi connectivity index (χ2v) is 11.3. The molecule has 0 aliphatic heterocycles. The van der Waals surface area contributed by atoms with Gasteiger partial charge in [-0.25, -0.2) is 14.6 Å². The Morgan fingerprint density at radius 1 is 1.02 bits per heavy atom. The molecule has 0 radical (unpaired) electrons. The highest BCUT2D eigenvalue weighted by Crippen LogP contribution is 2.39. The van der Waals surface area contributed by atoms with Crippen molar-refractivity contribution < 1.29 is 44.4 Å². The number of carbonyl (C=O) groups is 5. The summed E-state index contributed by atoms with van der Waals surface area (Å²) in [5.74, 6) is -5.16. The standard InChI is InChI=1S/C32H37N5O10/c1-3-37(24-10-6-18-14-23-21(15-20(18)24)30(43)35-26(16-38)33-23)19-7-4-17(5-8-19)29(42)34-22(31(44)45)9-12-27(39)36(2)25(32(46)47)11-13-28(40)41/h4-5,7-8,14-15,22,24-25,38H,3,6,9-13,16H2,1-2H3,(H,34,42)(H,40,41)(H,44,45)(H,46,47)(H,33,35,43)/t22-,24?,25-/m0/s1. The molecule has 250 valence electrons. The normalized spacial score (nSPS) is 15.0. The third kappa shape index (κ3) is 7.92. The van der Waals surface area contributed by atoms with Crippen LogP contribution in [-0.4, -0.2) is 90.7 Å². The number of aliphatic carboxylic acids is 3. The number of carbonyl (C=O) groups excluding carboxylic acids is 2. The summed E-state index contributed by atoms with van der Waals surface area (Å²) < 4.78 is 0. The Morgan fingerprint density at radius 3 is 2.32 bits per heavy atom. The maximum absolute atomic E-state index is 13.0. The van der Waals surface area contributed by atoms with Gasteiger partial charge in [-0.15, -0.1) is 0 Å². The van der Waals surface area contributed by atoms with Gasteiger partial charge in [0, 0.05) is 37.7 Å². The van der Waals surface area contributed by atoms with Crippen LogP contribution in [-0.2, 0) is 32.2 Å². The molecule has 4 rings (SSSR count). The van der Waals surface area contributed by atoms with Gasteiger partial charge >= 0.3 is 17.9 Å². The van der Waals surface area contributed by atoms with E-state index in [1.54, 1.807) is 24.3 Å². The highest BCUT2D eigenvalue weighted by molar-refractivity contribution is 5.97.